The van der Waals surface area contributed by atoms with Gasteiger partial charge in [-0.2, -0.15) is 16.8 Å². The maximum Gasteiger partial charge on any atom is 0.397 e. The molecule has 7 fully saturated rings. The second-order valence-electron chi connectivity index (χ2n) is 21.2. The lowest BCUT2D eigenvalue weighted by Crippen LogP contribution is -2.64. The van der Waals surface area contributed by atoms with Crippen LogP contribution in [0, 0.1) is 40.4 Å². The lowest BCUT2D eigenvalue weighted by molar-refractivity contribution is -0.361. The van der Waals surface area contributed by atoms with Gasteiger partial charge in [-0.25, -0.2) is 8.37 Å². The summed E-state index contributed by atoms with van der Waals surface area (Å²) >= 11 is 0. The fourth-order valence-electron chi connectivity index (χ4n) is 13.6. The van der Waals surface area contributed by atoms with E-state index in [0.29, 0.717) is 31.3 Å². The van der Waals surface area contributed by atoms with Crippen molar-refractivity contribution in [1.29, 1.82) is 0 Å². The molecule has 11 N–H and O–H groups in total. The maximum atomic E-state index is 12.1. The first kappa shape index (κ1) is 54.8. The van der Waals surface area contributed by atoms with Crippen LogP contribution in [0.4, 0.5) is 0 Å². The molecule has 25 atom stereocenters. The van der Waals surface area contributed by atoms with Crippen LogP contribution in [-0.2, 0) is 62.3 Å². The molecule has 4 aliphatic carbocycles. The zero-order valence-electron chi connectivity index (χ0n) is 39.3. The minimum absolute atomic E-state index is 0.0177. The number of allylic oxidation sites excluding steroid dienone is 1. The van der Waals surface area contributed by atoms with Crippen molar-refractivity contribution in [2.24, 2.45) is 40.4 Å². The van der Waals surface area contributed by atoms with Gasteiger partial charge in [-0.1, -0.05) is 44.6 Å². The molecule has 0 aromatic heterocycles. The molecule has 0 spiro atoms. The van der Waals surface area contributed by atoms with Crippen LogP contribution in [0.1, 0.15) is 79.1 Å². The minimum atomic E-state index is -5.16. The molecule has 4 heterocycles. The fourth-order valence-corrected chi connectivity index (χ4v) is 14.6. The van der Waals surface area contributed by atoms with Gasteiger partial charge in [0.05, 0.1) is 44.2 Å². The number of aliphatic hydroxyl groups excluding tert-OH is 8. The van der Waals surface area contributed by atoms with Gasteiger partial charge < -0.3 is 79.1 Å². The smallest absolute Gasteiger partial charge is 0.394 e. The Kier molecular flexibility index (Phi) is 15.9. The average Bonchev–Trinajstić information content (AvgIpc) is 3.72. The number of fused-ring (bicyclic) bond motifs is 7. The minimum Gasteiger partial charge on any atom is -0.394 e. The topological polar surface area (TPSA) is 374 Å². The molecular weight excluding hydrogens is 977 g/mol. The molecule has 0 aromatic rings. The van der Waals surface area contributed by atoms with Crippen LogP contribution < -0.4 is 0 Å². The molecule has 4 aliphatic heterocycles. The predicted molar refractivity (Wildman–Crippen MR) is 234 cm³/mol. The summed E-state index contributed by atoms with van der Waals surface area (Å²) in [6.07, 6.45) is -19.7. The third-order valence-electron chi connectivity index (χ3n) is 17.3. The number of hydrogen-bond acceptors (Lipinski definition) is 22. The van der Waals surface area contributed by atoms with Crippen LogP contribution in [0.25, 0.3) is 0 Å². The quantitative estimate of drug-likeness (QED) is 0.0647. The van der Waals surface area contributed by atoms with E-state index in [-0.39, 0.29) is 73.4 Å². The van der Waals surface area contributed by atoms with E-state index in [0.717, 1.165) is 5.57 Å². The zero-order chi connectivity index (χ0) is 51.2. The Balaban J connectivity index is 0.996. The normalized spacial score (nSPS) is 50.6. The monoisotopic (exact) mass is 1050 g/mol. The van der Waals surface area contributed by atoms with Crippen molar-refractivity contribution in [1.82, 2.24) is 0 Å². The van der Waals surface area contributed by atoms with Crippen LogP contribution >= 0.6 is 0 Å². The third-order valence-corrected chi connectivity index (χ3v) is 18.3. The number of ether oxygens (including phenoxy) is 7. The van der Waals surface area contributed by atoms with Gasteiger partial charge in [-0.3, -0.25) is 9.11 Å². The summed E-state index contributed by atoms with van der Waals surface area (Å²) in [7, 11) is -10.1. The van der Waals surface area contributed by atoms with Crippen molar-refractivity contribution < 1.29 is 113 Å². The summed E-state index contributed by atoms with van der Waals surface area (Å²) < 4.78 is 119. The highest BCUT2D eigenvalue weighted by Crippen LogP contribution is 2.70. The Morgan fingerprint density at radius 3 is 2.17 bits per heavy atom. The molecule has 3 saturated carbocycles. The summed E-state index contributed by atoms with van der Waals surface area (Å²) in [5.74, 6) is -1.93. The van der Waals surface area contributed by atoms with E-state index < -0.39 is 143 Å². The number of aliphatic hydroxyl groups is 9. The Labute approximate surface area is 406 Å². The molecule has 0 bridgehead atoms. The highest BCUT2D eigenvalue weighted by atomic mass is 32.3. The van der Waals surface area contributed by atoms with Gasteiger partial charge in [0.25, 0.3) is 0 Å². The molecule has 70 heavy (non-hydrogen) atoms. The third kappa shape index (κ3) is 10.3. The second-order valence-corrected chi connectivity index (χ2v) is 23.3. The van der Waals surface area contributed by atoms with Gasteiger partial charge in [0.2, 0.25) is 0 Å². The Morgan fingerprint density at radius 1 is 0.829 bits per heavy atom. The van der Waals surface area contributed by atoms with Crippen molar-refractivity contribution in [2.45, 2.75) is 189 Å². The number of rotatable bonds is 15. The molecule has 0 amide bonds. The van der Waals surface area contributed by atoms with Gasteiger partial charge in [0.15, 0.2) is 24.7 Å². The number of hydrogen-bond donors (Lipinski definition) is 11. The highest BCUT2D eigenvalue weighted by molar-refractivity contribution is 7.81. The van der Waals surface area contributed by atoms with Crippen molar-refractivity contribution in [3.63, 3.8) is 0 Å². The summed E-state index contributed by atoms with van der Waals surface area (Å²) in [5.41, 5.74) is 0.131. The van der Waals surface area contributed by atoms with Crippen molar-refractivity contribution in [3.05, 3.63) is 23.8 Å². The van der Waals surface area contributed by atoms with Crippen molar-refractivity contribution >= 4 is 20.8 Å². The summed E-state index contributed by atoms with van der Waals surface area (Å²) in [5, 5.41) is 95.6. The Hall–Kier alpha value is -1.42. The van der Waals surface area contributed by atoms with Crippen molar-refractivity contribution in [2.75, 3.05) is 19.8 Å². The summed E-state index contributed by atoms with van der Waals surface area (Å²) in [6.45, 7) is 10.3. The maximum absolute atomic E-state index is 12.1. The average molecular weight is 1050 g/mol. The van der Waals surface area contributed by atoms with Crippen LogP contribution in [0.15, 0.2) is 23.8 Å². The summed E-state index contributed by atoms with van der Waals surface area (Å²) in [6, 6.07) is 0. The Bertz CT molecular complexity index is 2150. The van der Waals surface area contributed by atoms with E-state index in [1.807, 2.05) is 19.9 Å². The zero-order valence-corrected chi connectivity index (χ0v) is 40.9. The molecule has 4 saturated heterocycles. The first-order valence-electron chi connectivity index (χ1n) is 23.9. The molecule has 8 aliphatic rings. The lowest BCUT2D eigenvalue weighted by Gasteiger charge is -2.60. The highest BCUT2D eigenvalue weighted by Gasteiger charge is 2.69. The molecule has 8 rings (SSSR count). The van der Waals surface area contributed by atoms with E-state index >= 15 is 0 Å². The Morgan fingerprint density at radius 2 is 1.50 bits per heavy atom. The van der Waals surface area contributed by atoms with E-state index in [4.69, 9.17) is 37.3 Å². The van der Waals surface area contributed by atoms with Gasteiger partial charge >= 0.3 is 20.8 Å². The van der Waals surface area contributed by atoms with E-state index in [1.54, 1.807) is 0 Å². The predicted octanol–water partition coefficient (Wildman–Crippen LogP) is -1.65. The lowest BCUT2D eigenvalue weighted by atomic mass is 9.46. The second kappa shape index (κ2) is 20.3. The van der Waals surface area contributed by atoms with Gasteiger partial charge in [0.1, 0.15) is 61.0 Å². The molecule has 24 nitrogen and oxygen atoms in total. The van der Waals surface area contributed by atoms with Gasteiger partial charge in [-0.05, 0) is 74.5 Å². The van der Waals surface area contributed by atoms with Gasteiger partial charge in [0, 0.05) is 24.2 Å². The largest absolute Gasteiger partial charge is 0.397 e. The fraction of sp³-hybridized carbons (Fsp3) is 0.909. The molecular formula is C44H70O24S2. The SMILES string of the molecule is C=C(CC[C@@]1(O)O[C@H]2C[C@H]3[C@@H]4CC=C5C[C@@H](OS(=O)(=O)O)C[C@@H](O[C@@H]6OC[C@H](OS(=O)(=O)O)[C@H](O)[C@H]6O[C@@H]6O[C@@H](C)[C@H](O)[C@@H](O)[C@H]6O)[C@]5(C)[C@H]4CC[C@]3(C)[C@H]2[C@@H]1C)CO[C@@H]1O[C@H](CO)[C@@H](O)[C@H](O)[C@H]1O. The molecule has 402 valence electrons. The van der Waals surface area contributed by atoms with Crippen molar-refractivity contribution in [3.8, 4) is 0 Å². The van der Waals surface area contributed by atoms with Crippen LogP contribution in [-0.4, -0.2) is 202 Å². The van der Waals surface area contributed by atoms with E-state index in [2.05, 4.69) is 17.7 Å². The van der Waals surface area contributed by atoms with Crippen LogP contribution in [0.2, 0.25) is 0 Å². The van der Waals surface area contributed by atoms with Crippen LogP contribution in [0.3, 0.4) is 0 Å². The van der Waals surface area contributed by atoms with Crippen LogP contribution in [0.5, 0.6) is 0 Å². The first-order valence-corrected chi connectivity index (χ1v) is 26.6. The molecule has 0 aromatic carbocycles. The standard InChI is InChI=1S/C44H70O24S2/c1-18(16-60-39-36(51)35(50)32(47)27(15-45)63-39)8-11-44(53)19(2)30-26(66-44)14-25-23-7-6-21-12-22(67-69(54,55)56)13-29(43(21,5)24(23)9-10-42(25,30)4)64-41-38(33(48)28(17-61-41)68-70(57,58)59)65-40-37(52)34(49)31(46)20(3)62-40/h6,19-20,22-41,45-53H,1,7-17H2,2-5H3,(H,54,55,56)(H,57,58,59)/t19-,20-,22+,23+,24-,25-,26-,27+,28-,29+,30-,31-,32+,33-,34+,35-,36+,37+,38+,39+,40-,41-,42-,43-,44+/m0/s1. The van der Waals surface area contributed by atoms with Gasteiger partial charge in [-0.15, -0.1) is 0 Å². The van der Waals surface area contributed by atoms with E-state index in [1.165, 1.54) is 6.92 Å². The molecule has 0 radical (unpaired) electrons. The first-order chi connectivity index (χ1) is 32.6. The molecule has 26 heteroatoms. The van der Waals surface area contributed by atoms with E-state index in [9.17, 15) is 71.9 Å². The molecule has 0 unspecified atom stereocenters. The summed E-state index contributed by atoms with van der Waals surface area (Å²) in [4.78, 5) is 0.